The van der Waals surface area contributed by atoms with Crippen LogP contribution in [0.4, 0.5) is 0 Å². The third kappa shape index (κ3) is 5.23. The minimum atomic E-state index is -0.663. The van der Waals surface area contributed by atoms with E-state index in [0.29, 0.717) is 13.0 Å². The number of carbonyl (C=O) groups is 3. The first-order valence-electron chi connectivity index (χ1n) is 11.5. The number of rotatable bonds is 11. The highest BCUT2D eigenvalue weighted by molar-refractivity contribution is 5.96. The SMILES string of the molecule is CCCC(C)NC(=O)[C@@H]1[C@H]2C=C[C@@H](CCC)[C@@H](C(=O)OCC)[C@@H]2C(=O)N1CCCO. The standard InChI is InChI=1S/C23H38N2O5/c1-5-9-15(4)24-21(27)20-17-12-11-16(10-6-2)18(23(29)30-7-3)19(17)22(28)25(20)13-8-14-26/h11-12,15-20,26H,5-10,13-14H2,1-4H3,(H,24,27)/t15?,16-,17+,18-,19-,20+/m1/s1. The lowest BCUT2D eigenvalue weighted by Crippen LogP contribution is -2.49. The molecule has 0 radical (unpaired) electrons. The molecule has 30 heavy (non-hydrogen) atoms. The molecule has 0 aromatic rings. The van der Waals surface area contributed by atoms with E-state index in [1.165, 1.54) is 0 Å². The van der Waals surface area contributed by atoms with Gasteiger partial charge in [-0.05, 0) is 39.0 Å². The Bertz CT molecular complexity index is 635. The highest BCUT2D eigenvalue weighted by atomic mass is 16.5. The lowest BCUT2D eigenvalue weighted by atomic mass is 9.68. The smallest absolute Gasteiger partial charge is 0.310 e. The van der Waals surface area contributed by atoms with Crippen LogP contribution in [0.15, 0.2) is 12.2 Å². The van der Waals surface area contributed by atoms with Crippen molar-refractivity contribution >= 4 is 17.8 Å². The quantitative estimate of drug-likeness (QED) is 0.393. The van der Waals surface area contributed by atoms with Gasteiger partial charge in [0.1, 0.15) is 6.04 Å². The van der Waals surface area contributed by atoms with E-state index in [4.69, 9.17) is 4.74 Å². The van der Waals surface area contributed by atoms with Gasteiger partial charge in [-0.2, -0.15) is 0 Å². The van der Waals surface area contributed by atoms with Crippen molar-refractivity contribution in [1.82, 2.24) is 10.2 Å². The number of aliphatic hydroxyl groups excluding tert-OH is 1. The summed E-state index contributed by atoms with van der Waals surface area (Å²) in [7, 11) is 0. The molecule has 7 nitrogen and oxygen atoms in total. The van der Waals surface area contributed by atoms with E-state index in [1.54, 1.807) is 11.8 Å². The van der Waals surface area contributed by atoms with E-state index in [1.807, 2.05) is 19.1 Å². The number of carbonyl (C=O) groups excluding carboxylic acids is 3. The summed E-state index contributed by atoms with van der Waals surface area (Å²) in [6.07, 6.45) is 7.86. The van der Waals surface area contributed by atoms with Crippen LogP contribution in [-0.2, 0) is 19.1 Å². The molecule has 2 rings (SSSR count). The van der Waals surface area contributed by atoms with Crippen molar-refractivity contribution < 1.29 is 24.2 Å². The zero-order chi connectivity index (χ0) is 22.3. The molecule has 1 saturated heterocycles. The minimum absolute atomic E-state index is 0.0117. The molecule has 0 aromatic carbocycles. The maximum atomic E-state index is 13.5. The van der Waals surface area contributed by atoms with Gasteiger partial charge >= 0.3 is 5.97 Å². The molecular formula is C23H38N2O5. The van der Waals surface area contributed by atoms with Gasteiger partial charge in [-0.3, -0.25) is 14.4 Å². The van der Waals surface area contributed by atoms with E-state index in [2.05, 4.69) is 19.2 Å². The number of hydrogen-bond acceptors (Lipinski definition) is 5. The van der Waals surface area contributed by atoms with Crippen molar-refractivity contribution in [2.75, 3.05) is 19.8 Å². The normalized spacial score (nSPS) is 28.9. The number of nitrogens with zero attached hydrogens (tertiary/aromatic N) is 1. The van der Waals surface area contributed by atoms with Gasteiger partial charge in [0, 0.05) is 25.1 Å². The fourth-order valence-electron chi connectivity index (χ4n) is 4.98. The van der Waals surface area contributed by atoms with Gasteiger partial charge in [-0.25, -0.2) is 0 Å². The summed E-state index contributed by atoms with van der Waals surface area (Å²) < 4.78 is 5.34. The summed E-state index contributed by atoms with van der Waals surface area (Å²) >= 11 is 0. The monoisotopic (exact) mass is 422 g/mol. The van der Waals surface area contributed by atoms with Crippen molar-refractivity contribution in [3.05, 3.63) is 12.2 Å². The third-order valence-corrected chi connectivity index (χ3v) is 6.23. The number of aliphatic hydroxyl groups is 1. The molecule has 1 aliphatic heterocycles. The summed E-state index contributed by atoms with van der Waals surface area (Å²) in [6.45, 7) is 8.34. The minimum Gasteiger partial charge on any atom is -0.466 e. The first-order valence-corrected chi connectivity index (χ1v) is 11.5. The molecule has 170 valence electrons. The highest BCUT2D eigenvalue weighted by Gasteiger charge is 2.57. The maximum Gasteiger partial charge on any atom is 0.310 e. The Balaban J connectivity index is 2.39. The van der Waals surface area contributed by atoms with Crippen LogP contribution in [0.1, 0.15) is 59.8 Å². The highest BCUT2D eigenvalue weighted by Crippen LogP contribution is 2.45. The average molecular weight is 423 g/mol. The van der Waals surface area contributed by atoms with Gasteiger partial charge in [0.15, 0.2) is 0 Å². The molecule has 0 bridgehead atoms. The van der Waals surface area contributed by atoms with Crippen molar-refractivity contribution in [3.63, 3.8) is 0 Å². The average Bonchev–Trinajstić information content (AvgIpc) is 2.98. The molecule has 2 N–H and O–H groups in total. The summed E-state index contributed by atoms with van der Waals surface area (Å²) in [5.41, 5.74) is 0. The maximum absolute atomic E-state index is 13.5. The molecule has 1 unspecified atom stereocenters. The number of esters is 1. The number of fused-ring (bicyclic) bond motifs is 1. The van der Waals surface area contributed by atoms with Gasteiger partial charge in [0.05, 0.1) is 18.4 Å². The van der Waals surface area contributed by atoms with Crippen molar-refractivity contribution in [3.8, 4) is 0 Å². The first-order chi connectivity index (χ1) is 14.4. The molecule has 2 aliphatic rings. The number of amides is 2. The molecule has 0 saturated carbocycles. The van der Waals surface area contributed by atoms with Gasteiger partial charge in [0.25, 0.3) is 0 Å². The largest absolute Gasteiger partial charge is 0.466 e. The van der Waals surface area contributed by atoms with Crippen molar-refractivity contribution in [2.24, 2.45) is 23.7 Å². The van der Waals surface area contributed by atoms with Gasteiger partial charge < -0.3 is 20.1 Å². The second-order valence-electron chi connectivity index (χ2n) is 8.47. The van der Waals surface area contributed by atoms with Crippen molar-refractivity contribution in [2.45, 2.75) is 71.9 Å². The predicted molar refractivity (Wildman–Crippen MR) is 114 cm³/mol. The van der Waals surface area contributed by atoms with Crippen LogP contribution in [0.2, 0.25) is 0 Å². The Hall–Kier alpha value is -1.89. The van der Waals surface area contributed by atoms with E-state index in [0.717, 1.165) is 25.7 Å². The molecule has 7 heteroatoms. The molecule has 1 heterocycles. The Morgan fingerprint density at radius 2 is 1.97 bits per heavy atom. The summed E-state index contributed by atoms with van der Waals surface area (Å²) in [6, 6.07) is -0.651. The summed E-state index contributed by atoms with van der Waals surface area (Å²) in [5, 5.41) is 12.4. The van der Waals surface area contributed by atoms with Gasteiger partial charge in [0.2, 0.25) is 11.8 Å². The number of likely N-dealkylation sites (tertiary alicyclic amines) is 1. The van der Waals surface area contributed by atoms with Crippen LogP contribution >= 0.6 is 0 Å². The van der Waals surface area contributed by atoms with E-state index in [9.17, 15) is 19.5 Å². The molecule has 6 atom stereocenters. The topological polar surface area (TPSA) is 95.9 Å². The second kappa shape index (κ2) is 11.5. The lowest BCUT2D eigenvalue weighted by molar-refractivity contribution is -0.155. The molecule has 0 aromatic heterocycles. The van der Waals surface area contributed by atoms with Crippen LogP contribution in [0.3, 0.4) is 0 Å². The molecule has 2 amide bonds. The van der Waals surface area contributed by atoms with Crippen LogP contribution < -0.4 is 5.32 Å². The predicted octanol–water partition coefficient (Wildman–Crippen LogP) is 2.28. The fourth-order valence-corrected chi connectivity index (χ4v) is 4.98. The van der Waals surface area contributed by atoms with E-state index < -0.39 is 17.9 Å². The van der Waals surface area contributed by atoms with Crippen LogP contribution in [0.25, 0.3) is 0 Å². The Kier molecular flexibility index (Phi) is 9.34. The number of nitrogens with one attached hydrogen (secondary N) is 1. The molecular weight excluding hydrogens is 384 g/mol. The second-order valence-corrected chi connectivity index (χ2v) is 8.47. The summed E-state index contributed by atoms with van der Waals surface area (Å²) in [5.74, 6) is -2.33. The van der Waals surface area contributed by atoms with Crippen LogP contribution in [0, 0.1) is 23.7 Å². The molecule has 1 fully saturated rings. The van der Waals surface area contributed by atoms with E-state index in [-0.39, 0.29) is 48.9 Å². The summed E-state index contributed by atoms with van der Waals surface area (Å²) in [4.78, 5) is 41.1. The van der Waals surface area contributed by atoms with Gasteiger partial charge in [-0.15, -0.1) is 0 Å². The lowest BCUT2D eigenvalue weighted by Gasteiger charge is -2.34. The number of hydrogen-bond donors (Lipinski definition) is 2. The zero-order valence-electron chi connectivity index (χ0n) is 18.8. The van der Waals surface area contributed by atoms with E-state index >= 15 is 0 Å². The fraction of sp³-hybridized carbons (Fsp3) is 0.783. The number of allylic oxidation sites excluding steroid dienone is 1. The molecule has 0 spiro atoms. The zero-order valence-corrected chi connectivity index (χ0v) is 18.8. The first kappa shape index (κ1) is 24.4. The number of ether oxygens (including phenoxy) is 1. The Morgan fingerprint density at radius 3 is 2.57 bits per heavy atom. The van der Waals surface area contributed by atoms with Gasteiger partial charge in [-0.1, -0.05) is 38.8 Å². The third-order valence-electron chi connectivity index (χ3n) is 6.23. The van der Waals surface area contributed by atoms with Crippen LogP contribution in [0.5, 0.6) is 0 Å². The Labute approximate surface area is 180 Å². The molecule has 1 aliphatic carbocycles. The van der Waals surface area contributed by atoms with Crippen molar-refractivity contribution in [1.29, 1.82) is 0 Å². The van der Waals surface area contributed by atoms with Crippen LogP contribution in [-0.4, -0.2) is 59.6 Å². The Morgan fingerprint density at radius 1 is 1.23 bits per heavy atom.